The molecule has 1 atom stereocenters. The summed E-state index contributed by atoms with van der Waals surface area (Å²) in [6.07, 6.45) is 6.73. The molecule has 42 heavy (non-hydrogen) atoms. The molecule has 222 valence electrons. The Morgan fingerprint density at radius 1 is 1.12 bits per heavy atom. The van der Waals surface area contributed by atoms with E-state index >= 15 is 0 Å². The Hall–Kier alpha value is -3.83. The van der Waals surface area contributed by atoms with Crippen molar-refractivity contribution in [2.24, 2.45) is 13.0 Å². The number of hydrogen-bond donors (Lipinski definition) is 1. The van der Waals surface area contributed by atoms with Gasteiger partial charge in [0, 0.05) is 81.6 Å². The van der Waals surface area contributed by atoms with E-state index in [9.17, 15) is 4.79 Å². The Morgan fingerprint density at radius 2 is 1.95 bits per heavy atom. The monoisotopic (exact) mass is 572 g/mol. The van der Waals surface area contributed by atoms with Crippen LogP contribution in [0.4, 0.5) is 11.8 Å². The number of ether oxygens (including phenoxy) is 2. The van der Waals surface area contributed by atoms with Crippen LogP contribution in [0.1, 0.15) is 57.5 Å². The van der Waals surface area contributed by atoms with Crippen LogP contribution in [0.25, 0.3) is 11.2 Å². The molecule has 11 heteroatoms. The number of likely N-dealkylation sites (tertiary alicyclic amines) is 1. The second-order valence-corrected chi connectivity index (χ2v) is 12.5. The summed E-state index contributed by atoms with van der Waals surface area (Å²) in [5.74, 6) is 3.08. The standard InChI is InChI=1S/C31H40N8O3/c1-31(2,3)27-17-28(36-39(27)22-9-11-38(19-22)12-13-41-5)34-30-35-29-25(37(30)4)16-24(18-33-29)42-23-8-10-32-21(14-23)15-26(40)20-6-7-20/h8,10,14,16-18,20,22H,6-7,9,11-13,15,19H2,1-5H3,(H,33,34,35,36). The van der Waals surface area contributed by atoms with Gasteiger partial charge in [-0.15, -0.1) is 0 Å². The molecule has 1 aliphatic heterocycles. The minimum atomic E-state index is -0.0644. The number of methoxy groups -OCH3 is 1. The summed E-state index contributed by atoms with van der Waals surface area (Å²) in [4.78, 5) is 28.3. The minimum Gasteiger partial charge on any atom is -0.456 e. The topological polar surface area (TPSA) is 112 Å². The molecule has 6 rings (SSSR count). The number of nitrogens with zero attached hydrogens (tertiary/aromatic N) is 7. The molecule has 0 aromatic carbocycles. The van der Waals surface area contributed by atoms with Gasteiger partial charge in [-0.05, 0) is 25.3 Å². The lowest BCUT2D eigenvalue weighted by atomic mass is 9.91. The summed E-state index contributed by atoms with van der Waals surface area (Å²) in [6.45, 7) is 10.3. The van der Waals surface area contributed by atoms with Crippen LogP contribution in [-0.4, -0.2) is 73.3 Å². The van der Waals surface area contributed by atoms with E-state index in [1.807, 2.05) is 23.7 Å². The first kappa shape index (κ1) is 28.3. The van der Waals surface area contributed by atoms with Gasteiger partial charge in [-0.25, -0.2) is 4.98 Å². The van der Waals surface area contributed by atoms with E-state index in [-0.39, 0.29) is 17.1 Å². The smallest absolute Gasteiger partial charge is 0.210 e. The third-order valence-electron chi connectivity index (χ3n) is 8.07. The lowest BCUT2D eigenvalue weighted by Crippen LogP contribution is -2.27. The molecular formula is C31H40N8O3. The van der Waals surface area contributed by atoms with E-state index in [2.05, 4.69) is 51.7 Å². The Labute approximate surface area is 246 Å². The van der Waals surface area contributed by atoms with Crippen LogP contribution in [0.2, 0.25) is 0 Å². The molecule has 0 bridgehead atoms. The average Bonchev–Trinajstić information content (AvgIpc) is 3.42. The van der Waals surface area contributed by atoms with E-state index < -0.39 is 0 Å². The van der Waals surface area contributed by atoms with E-state index in [1.54, 1.807) is 25.6 Å². The number of nitrogens with one attached hydrogen (secondary N) is 1. The van der Waals surface area contributed by atoms with Crippen LogP contribution in [0.5, 0.6) is 11.5 Å². The number of imidazole rings is 1. The number of carbonyl (C=O) groups excluding carboxylic acids is 1. The fourth-order valence-corrected chi connectivity index (χ4v) is 5.54. The van der Waals surface area contributed by atoms with Crippen molar-refractivity contribution >= 4 is 28.7 Å². The van der Waals surface area contributed by atoms with Gasteiger partial charge in [0.05, 0.1) is 30.1 Å². The fraction of sp³-hybridized carbons (Fsp3) is 0.516. The Morgan fingerprint density at radius 3 is 2.71 bits per heavy atom. The number of ketones is 1. The largest absolute Gasteiger partial charge is 0.456 e. The highest BCUT2D eigenvalue weighted by Gasteiger charge is 2.31. The average molecular weight is 573 g/mol. The second-order valence-electron chi connectivity index (χ2n) is 12.5. The van der Waals surface area contributed by atoms with Crippen LogP contribution in [0, 0.1) is 5.92 Å². The summed E-state index contributed by atoms with van der Waals surface area (Å²) in [6, 6.07) is 7.98. The molecular weight excluding hydrogens is 532 g/mol. The van der Waals surface area contributed by atoms with Crippen molar-refractivity contribution in [3.8, 4) is 11.5 Å². The first-order chi connectivity index (χ1) is 20.2. The first-order valence-electron chi connectivity index (χ1n) is 14.7. The predicted molar refractivity (Wildman–Crippen MR) is 160 cm³/mol. The molecule has 1 saturated carbocycles. The molecule has 1 unspecified atom stereocenters. The molecule has 2 aliphatic rings. The normalized spacial score (nSPS) is 17.7. The molecule has 1 N–H and O–H groups in total. The van der Waals surface area contributed by atoms with Crippen LogP contribution in [-0.2, 0) is 28.4 Å². The van der Waals surface area contributed by atoms with Gasteiger partial charge in [0.2, 0.25) is 5.95 Å². The number of aromatic nitrogens is 6. The molecule has 1 saturated heterocycles. The number of carbonyl (C=O) groups is 1. The van der Waals surface area contributed by atoms with Crippen molar-refractivity contribution < 1.29 is 14.3 Å². The maximum atomic E-state index is 12.2. The molecule has 2 fully saturated rings. The Bertz CT molecular complexity index is 1580. The molecule has 0 amide bonds. The minimum absolute atomic E-state index is 0.0644. The van der Waals surface area contributed by atoms with Gasteiger partial charge in [0.15, 0.2) is 11.5 Å². The van der Waals surface area contributed by atoms with E-state index in [4.69, 9.17) is 19.6 Å². The maximum absolute atomic E-state index is 12.2. The van der Waals surface area contributed by atoms with Crippen LogP contribution in [0.15, 0.2) is 36.7 Å². The summed E-state index contributed by atoms with van der Waals surface area (Å²) < 4.78 is 15.5. The second kappa shape index (κ2) is 11.4. The van der Waals surface area contributed by atoms with E-state index in [0.717, 1.165) is 62.5 Å². The highest BCUT2D eigenvalue weighted by atomic mass is 16.5. The number of rotatable bonds is 11. The number of pyridine rings is 2. The van der Waals surface area contributed by atoms with Crippen molar-refractivity contribution in [2.45, 2.75) is 57.9 Å². The van der Waals surface area contributed by atoms with Gasteiger partial charge in [0.25, 0.3) is 0 Å². The zero-order valence-electron chi connectivity index (χ0n) is 25.1. The van der Waals surface area contributed by atoms with Gasteiger partial charge in [-0.1, -0.05) is 20.8 Å². The number of fused-ring (bicyclic) bond motifs is 1. The number of anilines is 2. The molecule has 11 nitrogen and oxygen atoms in total. The van der Waals surface area contributed by atoms with Crippen LogP contribution >= 0.6 is 0 Å². The molecule has 4 aromatic rings. The third-order valence-corrected chi connectivity index (χ3v) is 8.07. The maximum Gasteiger partial charge on any atom is 0.210 e. The Kier molecular flexibility index (Phi) is 7.71. The predicted octanol–water partition coefficient (Wildman–Crippen LogP) is 4.81. The summed E-state index contributed by atoms with van der Waals surface area (Å²) >= 11 is 0. The quantitative estimate of drug-likeness (QED) is 0.271. The number of hydrogen-bond acceptors (Lipinski definition) is 9. The van der Waals surface area contributed by atoms with Crippen molar-refractivity contribution in [3.05, 3.63) is 48.0 Å². The third kappa shape index (κ3) is 6.17. The molecule has 4 aromatic heterocycles. The SMILES string of the molecule is COCCN1CCC(n2nc(Nc3nc4ncc(Oc5ccnc(CC(=O)C6CC6)c5)cc4n3C)cc2C(C)(C)C)C1. The molecule has 0 spiro atoms. The van der Waals surface area contributed by atoms with Crippen molar-refractivity contribution in [1.82, 2.24) is 34.2 Å². The molecule has 5 heterocycles. The molecule has 0 radical (unpaired) electrons. The van der Waals surface area contributed by atoms with E-state index in [1.165, 1.54) is 5.69 Å². The van der Waals surface area contributed by atoms with Gasteiger partial charge in [-0.2, -0.15) is 10.1 Å². The lowest BCUT2D eigenvalue weighted by molar-refractivity contribution is -0.119. The summed E-state index contributed by atoms with van der Waals surface area (Å²) in [5.41, 5.74) is 3.28. The van der Waals surface area contributed by atoms with Gasteiger partial charge in [-0.3, -0.25) is 19.4 Å². The summed E-state index contributed by atoms with van der Waals surface area (Å²) in [5, 5.41) is 8.45. The van der Waals surface area contributed by atoms with Crippen LogP contribution < -0.4 is 10.1 Å². The van der Waals surface area contributed by atoms with Crippen molar-refractivity contribution in [1.29, 1.82) is 0 Å². The fourth-order valence-electron chi connectivity index (χ4n) is 5.54. The lowest BCUT2D eigenvalue weighted by Gasteiger charge is -2.23. The Balaban J connectivity index is 1.20. The van der Waals surface area contributed by atoms with Crippen molar-refractivity contribution in [3.63, 3.8) is 0 Å². The zero-order valence-corrected chi connectivity index (χ0v) is 25.1. The zero-order chi connectivity index (χ0) is 29.4. The number of Topliss-reactive ketones (excluding diaryl/α,β-unsaturated/α-hetero) is 1. The molecule has 1 aliphatic carbocycles. The number of aryl methyl sites for hydroxylation is 1. The van der Waals surface area contributed by atoms with E-state index in [0.29, 0.717) is 35.6 Å². The van der Waals surface area contributed by atoms with Gasteiger partial charge < -0.3 is 19.4 Å². The summed E-state index contributed by atoms with van der Waals surface area (Å²) in [7, 11) is 3.70. The van der Waals surface area contributed by atoms with Crippen LogP contribution in [0.3, 0.4) is 0 Å². The van der Waals surface area contributed by atoms with Gasteiger partial charge >= 0.3 is 0 Å². The van der Waals surface area contributed by atoms with Gasteiger partial charge in [0.1, 0.15) is 17.3 Å². The first-order valence-corrected chi connectivity index (χ1v) is 14.7. The highest BCUT2D eigenvalue weighted by molar-refractivity contribution is 5.85. The highest BCUT2D eigenvalue weighted by Crippen LogP contribution is 2.33. The van der Waals surface area contributed by atoms with Crippen molar-refractivity contribution in [2.75, 3.05) is 38.7 Å².